The van der Waals surface area contributed by atoms with Crippen LogP contribution in [0.2, 0.25) is 0 Å². The summed E-state index contributed by atoms with van der Waals surface area (Å²) in [6.45, 7) is 2.98. The maximum Gasteiger partial charge on any atom is 0.316 e. The summed E-state index contributed by atoms with van der Waals surface area (Å²) in [5, 5.41) is 19.1. The Balaban J connectivity index is 1.20. The molecule has 5 aliphatic carbocycles. The topological polar surface area (TPSA) is 108 Å². The van der Waals surface area contributed by atoms with Gasteiger partial charge in [-0.05, 0) is 56.9 Å². The van der Waals surface area contributed by atoms with Crippen molar-refractivity contribution in [1.82, 2.24) is 24.9 Å². The lowest BCUT2D eigenvalue weighted by molar-refractivity contribution is -0.129. The molecule has 1 saturated heterocycles. The molecule has 2 aromatic heterocycles. The Morgan fingerprint density at radius 1 is 1.17 bits per heavy atom. The molecular weight excluding hydrogens is 444 g/mol. The number of likely N-dealkylation sites (N-methyl/N-ethyl adjacent to an activating group) is 1. The first kappa shape index (κ1) is 21.5. The molecule has 1 aliphatic heterocycles. The Morgan fingerprint density at radius 3 is 2.69 bits per heavy atom. The number of aliphatic hydroxyl groups is 1. The Kier molecular flexibility index (Phi) is 4.83. The highest BCUT2D eigenvalue weighted by Gasteiger charge is 2.55. The third kappa shape index (κ3) is 3.59. The van der Waals surface area contributed by atoms with Gasteiger partial charge in [-0.25, -0.2) is 0 Å². The van der Waals surface area contributed by atoms with Gasteiger partial charge in [-0.1, -0.05) is 17.3 Å². The molecule has 3 heterocycles. The van der Waals surface area contributed by atoms with Crippen LogP contribution in [0.3, 0.4) is 0 Å². The zero-order chi connectivity index (χ0) is 23.7. The van der Waals surface area contributed by atoms with Crippen molar-refractivity contribution in [3.63, 3.8) is 0 Å². The number of carbonyl (C=O) groups is 1. The van der Waals surface area contributed by atoms with Gasteiger partial charge in [0.2, 0.25) is 5.82 Å². The van der Waals surface area contributed by atoms with Gasteiger partial charge in [0.25, 0.3) is 0 Å². The molecule has 0 spiro atoms. The van der Waals surface area contributed by atoms with Crippen LogP contribution >= 0.6 is 0 Å². The molecule has 9 nitrogen and oxygen atoms in total. The smallest absolute Gasteiger partial charge is 0.316 e. The van der Waals surface area contributed by atoms with Gasteiger partial charge in [0.15, 0.2) is 0 Å². The minimum atomic E-state index is -0.468. The minimum absolute atomic E-state index is 0.0309. The number of nitrogens with one attached hydrogen (secondary N) is 1. The molecule has 6 aliphatic rings. The fraction of sp³-hybridized carbons (Fsp3) is 0.615. The number of hydrogen-bond donors (Lipinski definition) is 2. The van der Waals surface area contributed by atoms with Crippen LogP contribution in [-0.4, -0.2) is 80.8 Å². The fourth-order valence-electron chi connectivity index (χ4n) is 7.47. The summed E-state index contributed by atoms with van der Waals surface area (Å²) in [5.74, 6) is 1.79. The van der Waals surface area contributed by atoms with Crippen molar-refractivity contribution in [3.05, 3.63) is 29.4 Å². The van der Waals surface area contributed by atoms with E-state index in [4.69, 9.17) is 4.52 Å². The largest absolute Gasteiger partial charge is 0.390 e. The van der Waals surface area contributed by atoms with Crippen LogP contribution in [0.1, 0.15) is 54.0 Å². The Labute approximate surface area is 204 Å². The molecule has 9 heteroatoms. The summed E-state index contributed by atoms with van der Waals surface area (Å²) in [4.78, 5) is 26.2. The van der Waals surface area contributed by atoms with Crippen LogP contribution in [0, 0.1) is 17.8 Å². The van der Waals surface area contributed by atoms with Crippen LogP contribution < -0.4 is 5.32 Å². The predicted molar refractivity (Wildman–Crippen MR) is 130 cm³/mol. The standard InChI is InChI=1S/C26H32N6O3/c1-31-5-7-32(8-6-31)25(33)24-29-23(30-35-24)19-14-27-20-4-2-3-18(20)22(19)28-21-16-9-15-10-17(21)13-26(34,11-15)12-16/h2-3,14-17,21,34H,4-13H2,1H3,(H,27,28)/t15?,16-,17+,21?,26?. The summed E-state index contributed by atoms with van der Waals surface area (Å²) in [5.41, 5.74) is 3.39. The van der Waals surface area contributed by atoms with Crippen molar-refractivity contribution >= 4 is 17.7 Å². The van der Waals surface area contributed by atoms with Gasteiger partial charge in [-0.15, -0.1) is 0 Å². The van der Waals surface area contributed by atoms with Gasteiger partial charge >= 0.3 is 11.8 Å². The van der Waals surface area contributed by atoms with E-state index in [9.17, 15) is 9.90 Å². The second kappa shape index (κ2) is 7.86. The number of anilines is 1. The van der Waals surface area contributed by atoms with Crippen molar-refractivity contribution < 1.29 is 14.4 Å². The van der Waals surface area contributed by atoms with E-state index in [2.05, 4.69) is 44.5 Å². The number of rotatable bonds is 4. The number of amides is 1. The van der Waals surface area contributed by atoms with E-state index in [1.165, 1.54) is 12.8 Å². The van der Waals surface area contributed by atoms with Crippen molar-refractivity contribution in [2.45, 2.75) is 50.2 Å². The molecule has 5 fully saturated rings. The summed E-state index contributed by atoms with van der Waals surface area (Å²) >= 11 is 0. The molecule has 0 aromatic carbocycles. The van der Waals surface area contributed by atoms with Crippen LogP contribution in [0.25, 0.3) is 17.5 Å². The fourth-order valence-corrected chi connectivity index (χ4v) is 7.47. The first-order valence-corrected chi connectivity index (χ1v) is 12.9. The van der Waals surface area contributed by atoms with E-state index in [0.29, 0.717) is 42.7 Å². The SMILES string of the molecule is CN1CCN(C(=O)c2nc(-c3cnc4c(c3NC3[C@@H]5CC6C[C@H]3CC(O)(C6)C5)C=CC4)no2)CC1. The van der Waals surface area contributed by atoms with E-state index in [1.807, 2.05) is 6.20 Å². The number of pyridine rings is 1. The highest BCUT2D eigenvalue weighted by molar-refractivity contribution is 5.91. The van der Waals surface area contributed by atoms with Gasteiger partial charge in [-0.3, -0.25) is 9.78 Å². The molecule has 184 valence electrons. The maximum atomic E-state index is 13.0. The quantitative estimate of drug-likeness (QED) is 0.693. The first-order chi connectivity index (χ1) is 17.0. The molecule has 4 bridgehead atoms. The highest BCUT2D eigenvalue weighted by Crippen LogP contribution is 2.56. The van der Waals surface area contributed by atoms with E-state index in [1.54, 1.807) is 4.90 Å². The zero-order valence-corrected chi connectivity index (χ0v) is 20.1. The van der Waals surface area contributed by atoms with Gasteiger partial charge in [0.1, 0.15) is 0 Å². The summed E-state index contributed by atoms with van der Waals surface area (Å²) in [7, 11) is 2.06. The number of nitrogens with zero attached hydrogens (tertiary/aromatic N) is 5. The van der Waals surface area contributed by atoms with Gasteiger partial charge in [0.05, 0.1) is 22.5 Å². The normalized spacial score (nSPS) is 33.4. The van der Waals surface area contributed by atoms with Crippen molar-refractivity contribution in [2.24, 2.45) is 17.8 Å². The number of allylic oxidation sites excluding steroid dienone is 1. The van der Waals surface area contributed by atoms with Crippen LogP contribution in [0.5, 0.6) is 0 Å². The maximum absolute atomic E-state index is 13.0. The van der Waals surface area contributed by atoms with E-state index in [-0.39, 0.29) is 11.8 Å². The highest BCUT2D eigenvalue weighted by atomic mass is 16.5. The third-order valence-electron chi connectivity index (χ3n) is 8.99. The second-order valence-electron chi connectivity index (χ2n) is 11.4. The first-order valence-electron chi connectivity index (χ1n) is 12.9. The van der Waals surface area contributed by atoms with E-state index >= 15 is 0 Å². The molecular formula is C26H32N6O3. The van der Waals surface area contributed by atoms with E-state index < -0.39 is 5.60 Å². The molecule has 3 unspecified atom stereocenters. The number of hydrogen-bond acceptors (Lipinski definition) is 8. The van der Waals surface area contributed by atoms with Crippen LogP contribution in [-0.2, 0) is 6.42 Å². The Hall–Kier alpha value is -2.78. The van der Waals surface area contributed by atoms with Gasteiger partial charge in [-0.2, -0.15) is 4.98 Å². The Morgan fingerprint density at radius 2 is 1.94 bits per heavy atom. The molecule has 1 amide bonds. The van der Waals surface area contributed by atoms with Crippen molar-refractivity contribution in [1.29, 1.82) is 0 Å². The monoisotopic (exact) mass is 476 g/mol. The van der Waals surface area contributed by atoms with Crippen molar-refractivity contribution in [2.75, 3.05) is 38.5 Å². The summed E-state index contributed by atoms with van der Waals surface area (Å²) < 4.78 is 5.46. The summed E-state index contributed by atoms with van der Waals surface area (Å²) in [6, 6.07) is 0.310. The van der Waals surface area contributed by atoms with Gasteiger partial charge in [0, 0.05) is 50.4 Å². The van der Waals surface area contributed by atoms with Crippen LogP contribution in [0.4, 0.5) is 5.69 Å². The van der Waals surface area contributed by atoms with Crippen LogP contribution in [0.15, 0.2) is 16.8 Å². The predicted octanol–water partition coefficient (Wildman–Crippen LogP) is 2.44. The number of fused-ring (bicyclic) bond motifs is 1. The summed E-state index contributed by atoms with van der Waals surface area (Å²) in [6.07, 6.45) is 12.0. The lowest BCUT2D eigenvalue weighted by Crippen LogP contribution is -2.59. The zero-order valence-electron chi connectivity index (χ0n) is 20.1. The average molecular weight is 477 g/mol. The Bertz CT molecular complexity index is 1180. The van der Waals surface area contributed by atoms with Crippen molar-refractivity contribution in [3.8, 4) is 11.4 Å². The molecule has 0 radical (unpaired) electrons. The van der Waals surface area contributed by atoms with Gasteiger partial charge < -0.3 is 24.7 Å². The third-order valence-corrected chi connectivity index (χ3v) is 8.99. The molecule has 5 atom stereocenters. The number of carbonyl (C=O) groups excluding carboxylic acids is 1. The van der Waals surface area contributed by atoms with E-state index in [0.717, 1.165) is 61.3 Å². The molecule has 2 N–H and O–H groups in total. The lowest BCUT2D eigenvalue weighted by Gasteiger charge is -2.58. The molecule has 2 aromatic rings. The number of aromatic nitrogens is 3. The lowest BCUT2D eigenvalue weighted by atomic mass is 9.52. The second-order valence-corrected chi connectivity index (χ2v) is 11.4. The molecule has 8 rings (SSSR count). The minimum Gasteiger partial charge on any atom is -0.390 e. The molecule has 4 saturated carbocycles. The average Bonchev–Trinajstić information content (AvgIpc) is 3.50. The molecule has 35 heavy (non-hydrogen) atoms. The number of piperazine rings is 1.